The van der Waals surface area contributed by atoms with Gasteiger partial charge in [0, 0.05) is 5.56 Å². The first-order valence-electron chi connectivity index (χ1n) is 3.95. The molecule has 0 radical (unpaired) electrons. The van der Waals surface area contributed by atoms with E-state index in [9.17, 15) is 4.79 Å². The maximum Gasteiger partial charge on any atom is 0.190 e. The van der Waals surface area contributed by atoms with Crippen LogP contribution in [0, 0.1) is 0 Å². The van der Waals surface area contributed by atoms with Crippen molar-refractivity contribution < 1.29 is 9.90 Å². The van der Waals surface area contributed by atoms with E-state index < -0.39 is 6.04 Å². The van der Waals surface area contributed by atoms with Crippen molar-refractivity contribution in [2.75, 3.05) is 9.72 Å². The number of hydrogen-bond acceptors (Lipinski definition) is 3. The van der Waals surface area contributed by atoms with E-state index in [1.165, 1.54) is 0 Å². The molecule has 68 valence electrons. The van der Waals surface area contributed by atoms with Gasteiger partial charge in [-0.15, -0.1) is 0 Å². The molecule has 1 aromatic carbocycles. The third-order valence-corrected chi connectivity index (χ3v) is 3.34. The first kappa shape index (κ1) is 8.96. The summed E-state index contributed by atoms with van der Waals surface area (Å²) in [5, 5.41) is 9.01. The van der Waals surface area contributed by atoms with Crippen LogP contribution in [-0.2, 0) is 0 Å². The Bertz CT molecular complexity index is 353. The van der Waals surface area contributed by atoms with Gasteiger partial charge < -0.3 is 8.22 Å². The van der Waals surface area contributed by atoms with Crippen LogP contribution in [0.5, 0.6) is 0 Å². The minimum atomic E-state index is -0.405. The number of rotatable bonds is 1. The Hall–Kier alpha value is -0.620. The van der Waals surface area contributed by atoms with Crippen molar-refractivity contribution in [3.8, 4) is 0 Å². The van der Waals surface area contributed by atoms with Crippen LogP contribution in [0.2, 0.25) is 0 Å². The summed E-state index contributed by atoms with van der Waals surface area (Å²) < 4.78 is 1.79. The van der Waals surface area contributed by atoms with E-state index in [4.69, 9.17) is 5.11 Å². The number of halogens is 1. The fraction of sp³-hybridized carbons (Fsp3) is 0.222. The van der Waals surface area contributed by atoms with Gasteiger partial charge in [0.2, 0.25) is 0 Å². The van der Waals surface area contributed by atoms with E-state index in [-0.39, 0.29) is 12.4 Å². The second-order valence-corrected chi connectivity index (χ2v) is 3.93. The van der Waals surface area contributed by atoms with Crippen molar-refractivity contribution in [2.24, 2.45) is 0 Å². The maximum absolute atomic E-state index is 11.6. The summed E-state index contributed by atoms with van der Waals surface area (Å²) in [5.41, 5.74) is 1.60. The van der Waals surface area contributed by atoms with Gasteiger partial charge in [0.05, 0.1) is 35.2 Å². The molecule has 0 saturated carbocycles. The number of hydrogen-bond donors (Lipinski definition) is 1. The largest absolute Gasteiger partial charge is 0.394 e. The van der Waals surface area contributed by atoms with E-state index >= 15 is 0 Å². The predicted molar refractivity (Wildman–Crippen MR) is 58.1 cm³/mol. The van der Waals surface area contributed by atoms with Gasteiger partial charge in [-0.2, -0.15) is 0 Å². The number of benzene rings is 1. The molecule has 2 rings (SSSR count). The molecule has 1 atom stereocenters. The highest BCUT2D eigenvalue weighted by molar-refractivity contribution is 14.1. The number of carbonyl (C=O) groups excluding carboxylic acids is 1. The highest BCUT2D eigenvalue weighted by Gasteiger charge is 2.34. The second kappa shape index (κ2) is 3.26. The number of fused-ring (bicyclic) bond motifs is 1. The van der Waals surface area contributed by atoms with Crippen LogP contribution in [0.3, 0.4) is 0 Å². The van der Waals surface area contributed by atoms with Crippen molar-refractivity contribution in [3.63, 3.8) is 0 Å². The zero-order chi connectivity index (χ0) is 9.42. The summed E-state index contributed by atoms with van der Waals surface area (Å²) in [4.78, 5) is 11.6. The van der Waals surface area contributed by atoms with Crippen molar-refractivity contribution in [1.82, 2.24) is 0 Å². The van der Waals surface area contributed by atoms with Gasteiger partial charge in [0.15, 0.2) is 5.78 Å². The lowest BCUT2D eigenvalue weighted by molar-refractivity contribution is 0.0945. The van der Waals surface area contributed by atoms with Crippen LogP contribution in [0.15, 0.2) is 24.3 Å². The molecule has 0 fully saturated rings. The quantitative estimate of drug-likeness (QED) is 0.627. The van der Waals surface area contributed by atoms with Crippen molar-refractivity contribution in [2.45, 2.75) is 6.04 Å². The molecular weight excluding hydrogens is 281 g/mol. The topological polar surface area (TPSA) is 40.5 Å². The van der Waals surface area contributed by atoms with Gasteiger partial charge in [-0.25, -0.2) is 0 Å². The Morgan fingerprint density at radius 1 is 1.46 bits per heavy atom. The van der Waals surface area contributed by atoms with Crippen LogP contribution in [0.25, 0.3) is 0 Å². The molecule has 1 aliphatic rings. The summed E-state index contributed by atoms with van der Waals surface area (Å²) in [6.07, 6.45) is 0. The fourth-order valence-electron chi connectivity index (χ4n) is 1.47. The summed E-state index contributed by atoms with van der Waals surface area (Å²) >= 11 is 2.05. The van der Waals surface area contributed by atoms with E-state index in [1.54, 1.807) is 9.18 Å². The number of anilines is 1. The Morgan fingerprint density at radius 2 is 2.15 bits per heavy atom. The van der Waals surface area contributed by atoms with Gasteiger partial charge in [-0.1, -0.05) is 12.1 Å². The van der Waals surface area contributed by atoms with Crippen molar-refractivity contribution in [3.05, 3.63) is 29.8 Å². The number of aliphatic hydroxyl groups is 1. The molecule has 4 heteroatoms. The highest BCUT2D eigenvalue weighted by Crippen LogP contribution is 2.34. The van der Waals surface area contributed by atoms with Crippen molar-refractivity contribution in [1.29, 1.82) is 0 Å². The van der Waals surface area contributed by atoms with Crippen LogP contribution in [0.1, 0.15) is 10.4 Å². The minimum Gasteiger partial charge on any atom is -0.394 e. The van der Waals surface area contributed by atoms with Gasteiger partial charge in [-0.05, 0) is 12.1 Å². The molecule has 1 unspecified atom stereocenters. The Kier molecular flexibility index (Phi) is 2.25. The fourth-order valence-corrected chi connectivity index (χ4v) is 2.32. The molecule has 0 amide bonds. The van der Waals surface area contributed by atoms with Gasteiger partial charge in [-0.3, -0.25) is 4.79 Å². The third-order valence-electron chi connectivity index (χ3n) is 2.15. The molecule has 1 N–H and O–H groups in total. The molecule has 0 saturated heterocycles. The van der Waals surface area contributed by atoms with Crippen LogP contribution in [0.4, 0.5) is 5.69 Å². The number of para-hydroxylation sites is 1. The zero-order valence-electron chi connectivity index (χ0n) is 6.77. The third kappa shape index (κ3) is 1.24. The molecule has 1 aromatic rings. The van der Waals surface area contributed by atoms with Gasteiger partial charge >= 0.3 is 0 Å². The minimum absolute atomic E-state index is 0.00694. The number of ketones is 1. The molecule has 0 aromatic heterocycles. The van der Waals surface area contributed by atoms with E-state index in [0.717, 1.165) is 5.69 Å². The van der Waals surface area contributed by atoms with Crippen LogP contribution in [-0.4, -0.2) is 23.5 Å². The summed E-state index contributed by atoms with van der Waals surface area (Å²) in [7, 11) is 0. The van der Waals surface area contributed by atoms with Crippen molar-refractivity contribution >= 4 is 34.3 Å². The van der Waals surface area contributed by atoms with E-state index in [1.807, 2.05) is 18.2 Å². The lowest BCUT2D eigenvalue weighted by atomic mass is 10.1. The first-order valence-corrected chi connectivity index (χ1v) is 4.91. The maximum atomic E-state index is 11.6. The molecule has 0 bridgehead atoms. The number of carbonyl (C=O) groups is 1. The van der Waals surface area contributed by atoms with Gasteiger partial charge in [0.1, 0.15) is 6.04 Å². The monoisotopic (exact) mass is 289 g/mol. The summed E-state index contributed by atoms with van der Waals surface area (Å²) in [6, 6.07) is 6.99. The molecular formula is C9H8INO2. The first-order chi connectivity index (χ1) is 6.25. The zero-order valence-corrected chi connectivity index (χ0v) is 8.93. The molecule has 3 nitrogen and oxygen atoms in total. The van der Waals surface area contributed by atoms with Gasteiger partial charge in [0.25, 0.3) is 0 Å². The standard InChI is InChI=1S/C9H8INO2/c10-11-7-4-2-1-3-6(7)9(13)8(11)5-12/h1-4,8,12H,5H2. The number of nitrogens with zero attached hydrogens (tertiary/aromatic N) is 1. The molecule has 0 aliphatic carbocycles. The normalized spacial score (nSPS) is 20.6. The molecule has 13 heavy (non-hydrogen) atoms. The van der Waals surface area contributed by atoms with Crippen LogP contribution < -0.4 is 3.11 Å². The lowest BCUT2D eigenvalue weighted by Crippen LogP contribution is -2.31. The second-order valence-electron chi connectivity index (χ2n) is 2.89. The van der Waals surface area contributed by atoms with E-state index in [2.05, 4.69) is 22.9 Å². The number of aliphatic hydroxyl groups excluding tert-OH is 1. The van der Waals surface area contributed by atoms with Crippen LogP contribution >= 0.6 is 22.9 Å². The average molecular weight is 289 g/mol. The number of Topliss-reactive ketones (excluding diaryl/α,β-unsaturated/α-hetero) is 1. The Labute approximate surface area is 89.9 Å². The average Bonchev–Trinajstić information content (AvgIpc) is 2.41. The molecule has 1 heterocycles. The summed E-state index contributed by atoms with van der Waals surface area (Å²) in [5.74, 6) is 0.00694. The SMILES string of the molecule is O=C1c2ccccc2N(I)C1CO. The Balaban J connectivity index is 2.50. The highest BCUT2D eigenvalue weighted by atomic mass is 127. The summed E-state index contributed by atoms with van der Waals surface area (Å²) in [6.45, 7) is -0.129. The Morgan fingerprint density at radius 3 is 2.77 bits per heavy atom. The molecule has 1 aliphatic heterocycles. The lowest BCUT2D eigenvalue weighted by Gasteiger charge is -2.15. The smallest absolute Gasteiger partial charge is 0.190 e. The van der Waals surface area contributed by atoms with E-state index in [0.29, 0.717) is 5.56 Å². The molecule has 0 spiro atoms. The predicted octanol–water partition coefficient (Wildman–Crippen LogP) is 1.40.